The van der Waals surface area contributed by atoms with Crippen LogP contribution in [0.15, 0.2) is 54.6 Å². The van der Waals surface area contributed by atoms with Gasteiger partial charge in [-0.1, -0.05) is 36.4 Å². The summed E-state index contributed by atoms with van der Waals surface area (Å²) in [5.41, 5.74) is 5.81. The summed E-state index contributed by atoms with van der Waals surface area (Å²) in [6.45, 7) is 1.84. The zero-order valence-electron chi connectivity index (χ0n) is 15.6. The van der Waals surface area contributed by atoms with E-state index < -0.39 is 23.9 Å². The van der Waals surface area contributed by atoms with Crippen molar-refractivity contribution in [2.24, 2.45) is 0 Å². The fraction of sp³-hybridized carbons (Fsp3) is 0.150. The van der Waals surface area contributed by atoms with E-state index in [4.69, 9.17) is 0 Å². The molecule has 156 valence electrons. The highest BCUT2D eigenvalue weighted by atomic mass is 32.1. The van der Waals surface area contributed by atoms with Crippen molar-refractivity contribution in [3.05, 3.63) is 70.7 Å². The van der Waals surface area contributed by atoms with Gasteiger partial charge >= 0.3 is 6.36 Å². The van der Waals surface area contributed by atoms with Crippen LogP contribution < -0.4 is 15.6 Å². The van der Waals surface area contributed by atoms with Crippen LogP contribution in [-0.2, 0) is 11.2 Å². The van der Waals surface area contributed by atoms with E-state index in [2.05, 4.69) is 20.6 Å². The van der Waals surface area contributed by atoms with Gasteiger partial charge in [-0.05, 0) is 25.1 Å². The monoisotopic (exact) mass is 435 g/mol. The molecule has 0 atom stereocenters. The average Bonchev–Trinajstić information content (AvgIpc) is 3.06. The number of aryl methyl sites for hydroxylation is 1. The van der Waals surface area contributed by atoms with Gasteiger partial charge in [-0.3, -0.25) is 20.4 Å². The maximum Gasteiger partial charge on any atom is 0.573 e. The Morgan fingerprint density at radius 1 is 1.07 bits per heavy atom. The molecule has 0 bridgehead atoms. The highest BCUT2D eigenvalue weighted by Crippen LogP contribution is 2.27. The standard InChI is InChI=1S/C20H16F3N3O3S/c1-12-16(24-19(30-12)13-6-3-2-4-7-13)11-17(27)25-26-18(28)14-8-5-9-15(10-14)29-20(21,22)23/h2-10H,11H2,1H3,(H,25,27)(H,26,28). The predicted octanol–water partition coefficient (Wildman–Crippen LogP) is 4.02. The van der Waals surface area contributed by atoms with Gasteiger partial charge in [-0.15, -0.1) is 24.5 Å². The van der Waals surface area contributed by atoms with Gasteiger partial charge in [-0.2, -0.15) is 0 Å². The third-order valence-corrected chi connectivity index (χ3v) is 4.95. The van der Waals surface area contributed by atoms with Crippen molar-refractivity contribution < 1.29 is 27.5 Å². The SMILES string of the molecule is Cc1sc(-c2ccccc2)nc1CC(=O)NNC(=O)c1cccc(OC(F)(F)F)c1. The second kappa shape index (κ2) is 8.95. The van der Waals surface area contributed by atoms with Crippen LogP contribution in [0.5, 0.6) is 5.75 Å². The Balaban J connectivity index is 1.58. The number of hydrogen-bond donors (Lipinski definition) is 2. The van der Waals surface area contributed by atoms with Crippen molar-refractivity contribution in [1.82, 2.24) is 15.8 Å². The van der Waals surface area contributed by atoms with Crippen LogP contribution in [0.25, 0.3) is 10.6 Å². The van der Waals surface area contributed by atoms with Crippen LogP contribution >= 0.6 is 11.3 Å². The van der Waals surface area contributed by atoms with Crippen molar-refractivity contribution in [3.63, 3.8) is 0 Å². The molecule has 1 aromatic heterocycles. The van der Waals surface area contributed by atoms with Crippen LogP contribution in [0, 0.1) is 6.92 Å². The molecule has 0 spiro atoms. The Labute approximate surface area is 173 Å². The van der Waals surface area contributed by atoms with E-state index >= 15 is 0 Å². The number of aromatic nitrogens is 1. The summed E-state index contributed by atoms with van der Waals surface area (Å²) in [4.78, 5) is 29.6. The zero-order valence-corrected chi connectivity index (χ0v) is 16.4. The lowest BCUT2D eigenvalue weighted by Gasteiger charge is -2.10. The summed E-state index contributed by atoms with van der Waals surface area (Å²) in [6, 6.07) is 14.0. The number of ether oxygens (including phenoxy) is 1. The fourth-order valence-corrected chi connectivity index (χ4v) is 3.46. The number of nitrogens with one attached hydrogen (secondary N) is 2. The molecule has 6 nitrogen and oxygen atoms in total. The normalized spacial score (nSPS) is 11.1. The first-order valence-corrected chi connectivity index (χ1v) is 9.49. The van der Waals surface area contributed by atoms with Gasteiger partial charge in [-0.25, -0.2) is 4.98 Å². The summed E-state index contributed by atoms with van der Waals surface area (Å²) in [7, 11) is 0. The number of benzene rings is 2. The molecule has 0 saturated heterocycles. The van der Waals surface area contributed by atoms with Crippen LogP contribution in [0.4, 0.5) is 13.2 Å². The maximum atomic E-state index is 12.3. The van der Waals surface area contributed by atoms with E-state index in [1.54, 1.807) is 0 Å². The molecular weight excluding hydrogens is 419 g/mol. The van der Waals surface area contributed by atoms with E-state index in [1.165, 1.54) is 23.5 Å². The van der Waals surface area contributed by atoms with Crippen LogP contribution in [-0.4, -0.2) is 23.2 Å². The summed E-state index contributed by atoms with van der Waals surface area (Å²) >= 11 is 1.45. The number of hydrazine groups is 1. The number of hydrogen-bond acceptors (Lipinski definition) is 5. The zero-order chi connectivity index (χ0) is 21.7. The average molecular weight is 435 g/mol. The lowest BCUT2D eigenvalue weighted by molar-refractivity contribution is -0.274. The molecule has 0 unspecified atom stereocenters. The molecule has 2 aromatic carbocycles. The minimum Gasteiger partial charge on any atom is -0.406 e. The molecule has 0 aliphatic heterocycles. The lowest BCUT2D eigenvalue weighted by Crippen LogP contribution is -2.42. The summed E-state index contributed by atoms with van der Waals surface area (Å²) in [6.07, 6.45) is -4.93. The minimum absolute atomic E-state index is 0.0628. The first-order valence-electron chi connectivity index (χ1n) is 8.68. The van der Waals surface area contributed by atoms with Crippen molar-refractivity contribution in [2.45, 2.75) is 19.7 Å². The minimum atomic E-state index is -4.87. The number of carbonyl (C=O) groups excluding carboxylic acids is 2. The molecular formula is C20H16F3N3O3S. The first kappa shape index (κ1) is 21.3. The van der Waals surface area contributed by atoms with Gasteiger partial charge in [0, 0.05) is 16.0 Å². The first-order chi connectivity index (χ1) is 14.2. The number of nitrogens with zero attached hydrogens (tertiary/aromatic N) is 1. The lowest BCUT2D eigenvalue weighted by atomic mass is 10.2. The number of alkyl halides is 3. The Bertz CT molecular complexity index is 1050. The fourth-order valence-electron chi connectivity index (χ4n) is 2.53. The van der Waals surface area contributed by atoms with E-state index in [-0.39, 0.29) is 12.0 Å². The molecule has 0 aliphatic rings. The molecule has 0 radical (unpaired) electrons. The molecule has 0 saturated carbocycles. The second-order valence-corrected chi connectivity index (χ2v) is 7.35. The van der Waals surface area contributed by atoms with E-state index in [1.807, 2.05) is 37.3 Å². The molecule has 3 aromatic rings. The van der Waals surface area contributed by atoms with Gasteiger partial charge < -0.3 is 4.74 Å². The van der Waals surface area contributed by atoms with Gasteiger partial charge in [0.2, 0.25) is 5.91 Å². The second-order valence-electron chi connectivity index (χ2n) is 6.14. The third-order valence-electron chi connectivity index (χ3n) is 3.89. The van der Waals surface area contributed by atoms with Gasteiger partial charge in [0.1, 0.15) is 10.8 Å². The smallest absolute Gasteiger partial charge is 0.406 e. The predicted molar refractivity (Wildman–Crippen MR) is 105 cm³/mol. The Morgan fingerprint density at radius 2 is 1.80 bits per heavy atom. The molecule has 0 fully saturated rings. The van der Waals surface area contributed by atoms with Crippen LogP contribution in [0.1, 0.15) is 20.9 Å². The third kappa shape index (κ3) is 5.80. The van der Waals surface area contributed by atoms with Gasteiger partial charge in [0.05, 0.1) is 12.1 Å². The maximum absolute atomic E-state index is 12.3. The number of rotatable bonds is 5. The van der Waals surface area contributed by atoms with Crippen LogP contribution in [0.2, 0.25) is 0 Å². The molecule has 30 heavy (non-hydrogen) atoms. The van der Waals surface area contributed by atoms with E-state index in [0.29, 0.717) is 5.69 Å². The Kier molecular flexibility index (Phi) is 6.36. The molecule has 2 amide bonds. The van der Waals surface area contributed by atoms with Crippen LogP contribution in [0.3, 0.4) is 0 Å². The number of amides is 2. The van der Waals surface area contributed by atoms with Crippen molar-refractivity contribution in [2.75, 3.05) is 0 Å². The molecule has 3 rings (SSSR count). The summed E-state index contributed by atoms with van der Waals surface area (Å²) in [5, 5.41) is 0.779. The number of halogens is 3. The Morgan fingerprint density at radius 3 is 2.50 bits per heavy atom. The molecule has 10 heteroatoms. The van der Waals surface area contributed by atoms with Crippen molar-refractivity contribution in [3.8, 4) is 16.3 Å². The largest absolute Gasteiger partial charge is 0.573 e. The highest BCUT2D eigenvalue weighted by Gasteiger charge is 2.31. The molecule has 0 aliphatic carbocycles. The van der Waals surface area contributed by atoms with E-state index in [9.17, 15) is 22.8 Å². The topological polar surface area (TPSA) is 80.3 Å². The summed E-state index contributed by atoms with van der Waals surface area (Å²) < 4.78 is 40.7. The van der Waals surface area contributed by atoms with Crippen molar-refractivity contribution in [1.29, 1.82) is 0 Å². The summed E-state index contributed by atoms with van der Waals surface area (Å²) in [5.74, 6) is -1.83. The number of carbonyl (C=O) groups is 2. The number of thiazole rings is 1. The highest BCUT2D eigenvalue weighted by molar-refractivity contribution is 7.15. The Hall–Kier alpha value is -3.40. The van der Waals surface area contributed by atoms with E-state index in [0.717, 1.165) is 27.6 Å². The van der Waals surface area contributed by atoms with Gasteiger partial charge in [0.15, 0.2) is 0 Å². The molecule has 1 heterocycles. The van der Waals surface area contributed by atoms with Gasteiger partial charge in [0.25, 0.3) is 5.91 Å². The quantitative estimate of drug-likeness (QED) is 0.594. The molecule has 2 N–H and O–H groups in total. The van der Waals surface area contributed by atoms with Crippen molar-refractivity contribution >= 4 is 23.2 Å².